The van der Waals surface area contributed by atoms with E-state index >= 15 is 0 Å². The summed E-state index contributed by atoms with van der Waals surface area (Å²) in [5.74, 6) is 0.528. The van der Waals surface area contributed by atoms with E-state index < -0.39 is 0 Å². The lowest BCUT2D eigenvalue weighted by Crippen LogP contribution is -2.40. The Morgan fingerprint density at radius 2 is 1.90 bits per heavy atom. The Bertz CT molecular complexity index is 1080. The lowest BCUT2D eigenvalue weighted by molar-refractivity contribution is 0.482. The number of imidazole rings is 1. The van der Waals surface area contributed by atoms with Crippen molar-refractivity contribution in [3.05, 3.63) is 44.1 Å². The smallest absolute Gasteiger partial charge is 0.323 e. The predicted molar refractivity (Wildman–Crippen MR) is 115 cm³/mol. The van der Waals surface area contributed by atoms with Crippen LogP contribution in [0.4, 0.5) is 0 Å². The first-order valence-corrected chi connectivity index (χ1v) is 10.7. The molecule has 0 saturated heterocycles. The van der Waals surface area contributed by atoms with Gasteiger partial charge in [0.2, 0.25) is 5.28 Å². The highest BCUT2D eigenvalue weighted by atomic mass is 35.5. The summed E-state index contributed by atoms with van der Waals surface area (Å²) < 4.78 is 4.79. The van der Waals surface area contributed by atoms with E-state index in [0.717, 1.165) is 37.8 Å². The molecule has 158 valence electrons. The first kappa shape index (κ1) is 21.4. The third kappa shape index (κ3) is 4.98. The van der Waals surface area contributed by atoms with Crippen LogP contribution in [0.25, 0.3) is 11.2 Å². The minimum absolute atomic E-state index is 0.121. The average Bonchev–Trinajstić information content (AvgIpc) is 3.26. The number of hydrogen-bond donors (Lipinski definition) is 1. The molecular formula is C20H29ClN6O2. The van der Waals surface area contributed by atoms with Crippen LogP contribution in [-0.4, -0.2) is 28.9 Å². The second-order valence-corrected chi connectivity index (χ2v) is 8.25. The molecule has 0 amide bonds. The fraction of sp³-hybridized carbons (Fsp3) is 0.600. The SMILES string of the molecule is CCCCCn1c(=O)n(CCCc2cnn(CC(C)C)c2)c(=O)c2[nH]c(Cl)nc21. The van der Waals surface area contributed by atoms with Crippen LogP contribution < -0.4 is 11.2 Å². The summed E-state index contributed by atoms with van der Waals surface area (Å²) in [5, 5.41) is 4.49. The molecule has 3 aromatic rings. The molecule has 0 radical (unpaired) electrons. The molecular weight excluding hydrogens is 392 g/mol. The molecule has 1 N–H and O–H groups in total. The van der Waals surface area contributed by atoms with Gasteiger partial charge in [-0.05, 0) is 42.3 Å². The summed E-state index contributed by atoms with van der Waals surface area (Å²) in [6, 6.07) is 0. The quantitative estimate of drug-likeness (QED) is 0.402. The first-order chi connectivity index (χ1) is 13.9. The van der Waals surface area contributed by atoms with Gasteiger partial charge in [0.15, 0.2) is 11.2 Å². The number of aromatic nitrogens is 6. The van der Waals surface area contributed by atoms with Gasteiger partial charge in [0, 0.05) is 25.8 Å². The highest BCUT2D eigenvalue weighted by Crippen LogP contribution is 2.11. The minimum atomic E-state index is -0.369. The summed E-state index contributed by atoms with van der Waals surface area (Å²) >= 11 is 5.98. The van der Waals surface area contributed by atoms with Crippen molar-refractivity contribution in [2.24, 2.45) is 5.92 Å². The summed E-state index contributed by atoms with van der Waals surface area (Å²) in [6.45, 7) is 8.14. The number of hydrogen-bond acceptors (Lipinski definition) is 4. The van der Waals surface area contributed by atoms with Gasteiger partial charge >= 0.3 is 5.69 Å². The van der Waals surface area contributed by atoms with Gasteiger partial charge in [-0.1, -0.05) is 33.6 Å². The summed E-state index contributed by atoms with van der Waals surface area (Å²) in [7, 11) is 0. The van der Waals surface area contributed by atoms with Crippen LogP contribution in [0.2, 0.25) is 5.28 Å². The molecule has 0 unspecified atom stereocenters. The molecule has 0 fully saturated rings. The Labute approximate surface area is 174 Å². The van der Waals surface area contributed by atoms with Crippen LogP contribution >= 0.6 is 11.6 Å². The second-order valence-electron chi connectivity index (χ2n) is 7.89. The molecule has 9 heteroatoms. The van der Waals surface area contributed by atoms with Crippen LogP contribution in [0, 0.1) is 5.92 Å². The Kier molecular flexibility index (Phi) is 6.95. The molecule has 29 heavy (non-hydrogen) atoms. The largest absolute Gasteiger partial charge is 0.332 e. The molecule has 3 heterocycles. The van der Waals surface area contributed by atoms with Gasteiger partial charge in [-0.3, -0.25) is 18.6 Å². The lowest BCUT2D eigenvalue weighted by Gasteiger charge is -2.11. The normalized spacial score (nSPS) is 11.8. The minimum Gasteiger partial charge on any atom is -0.323 e. The molecule has 0 aliphatic heterocycles. The van der Waals surface area contributed by atoms with E-state index in [4.69, 9.17) is 11.6 Å². The van der Waals surface area contributed by atoms with Gasteiger partial charge in [0.1, 0.15) is 0 Å². The van der Waals surface area contributed by atoms with Crippen molar-refractivity contribution in [1.29, 1.82) is 0 Å². The monoisotopic (exact) mass is 420 g/mol. The third-order valence-electron chi connectivity index (χ3n) is 4.90. The van der Waals surface area contributed by atoms with Crippen LogP contribution in [0.15, 0.2) is 22.0 Å². The van der Waals surface area contributed by atoms with E-state index in [1.165, 1.54) is 4.57 Å². The summed E-state index contributed by atoms with van der Waals surface area (Å²) in [4.78, 5) is 32.8. The molecule has 0 saturated carbocycles. The zero-order chi connectivity index (χ0) is 21.0. The van der Waals surface area contributed by atoms with E-state index in [2.05, 4.69) is 35.8 Å². The van der Waals surface area contributed by atoms with Gasteiger partial charge in [-0.2, -0.15) is 10.1 Å². The van der Waals surface area contributed by atoms with Gasteiger partial charge in [-0.25, -0.2) is 4.79 Å². The Morgan fingerprint density at radius 3 is 2.62 bits per heavy atom. The van der Waals surface area contributed by atoms with E-state index in [9.17, 15) is 9.59 Å². The number of aryl methyl sites for hydroxylation is 2. The van der Waals surface area contributed by atoms with Gasteiger partial charge in [-0.15, -0.1) is 0 Å². The zero-order valence-corrected chi connectivity index (χ0v) is 18.1. The van der Waals surface area contributed by atoms with Gasteiger partial charge in [0.25, 0.3) is 5.56 Å². The maximum absolute atomic E-state index is 13.0. The number of halogens is 1. The highest BCUT2D eigenvalue weighted by Gasteiger charge is 2.16. The van der Waals surface area contributed by atoms with Crippen molar-refractivity contribution in [3.63, 3.8) is 0 Å². The van der Waals surface area contributed by atoms with Crippen molar-refractivity contribution < 1.29 is 0 Å². The topological polar surface area (TPSA) is 90.5 Å². The molecule has 8 nitrogen and oxygen atoms in total. The van der Waals surface area contributed by atoms with Crippen molar-refractivity contribution >= 4 is 22.8 Å². The number of rotatable bonds is 10. The number of unbranched alkanes of at least 4 members (excludes halogenated alkanes) is 2. The number of fused-ring (bicyclic) bond motifs is 1. The molecule has 0 spiro atoms. The van der Waals surface area contributed by atoms with Crippen LogP contribution in [-0.2, 0) is 26.1 Å². The maximum atomic E-state index is 13.0. The predicted octanol–water partition coefficient (Wildman–Crippen LogP) is 3.22. The molecule has 0 bridgehead atoms. The molecule has 0 aliphatic carbocycles. The standard InChI is InChI=1S/C20H29ClN6O2/c1-4-5-6-9-26-17-16(23-19(21)24-17)18(28)27(20(26)29)10-7-8-15-11-22-25(13-15)12-14(2)3/h11,13-14H,4-10,12H2,1-3H3,(H,23,24). The first-order valence-electron chi connectivity index (χ1n) is 10.3. The molecule has 0 aliphatic rings. The van der Waals surface area contributed by atoms with Gasteiger partial charge < -0.3 is 4.98 Å². The maximum Gasteiger partial charge on any atom is 0.332 e. The van der Waals surface area contributed by atoms with E-state index in [1.807, 2.05) is 17.1 Å². The molecule has 3 rings (SSSR count). The average molecular weight is 421 g/mol. The van der Waals surface area contributed by atoms with E-state index in [0.29, 0.717) is 31.1 Å². The summed E-state index contributed by atoms with van der Waals surface area (Å²) in [6.07, 6.45) is 8.21. The van der Waals surface area contributed by atoms with Crippen LogP contribution in [0.5, 0.6) is 0 Å². The zero-order valence-electron chi connectivity index (χ0n) is 17.3. The van der Waals surface area contributed by atoms with Crippen molar-refractivity contribution in [2.75, 3.05) is 0 Å². The van der Waals surface area contributed by atoms with E-state index in [1.54, 1.807) is 4.57 Å². The van der Waals surface area contributed by atoms with Crippen molar-refractivity contribution in [2.45, 2.75) is 72.5 Å². The van der Waals surface area contributed by atoms with Crippen LogP contribution in [0.3, 0.4) is 0 Å². The highest BCUT2D eigenvalue weighted by molar-refractivity contribution is 6.28. The fourth-order valence-corrected chi connectivity index (χ4v) is 3.68. The molecule has 0 atom stereocenters. The second kappa shape index (κ2) is 9.43. The fourth-order valence-electron chi connectivity index (χ4n) is 3.51. The Balaban J connectivity index is 1.80. The number of H-pyrrole nitrogens is 1. The lowest BCUT2D eigenvalue weighted by atomic mass is 10.2. The number of aromatic amines is 1. The van der Waals surface area contributed by atoms with Crippen molar-refractivity contribution in [3.8, 4) is 0 Å². The number of nitrogens with zero attached hydrogens (tertiary/aromatic N) is 5. The van der Waals surface area contributed by atoms with Crippen molar-refractivity contribution in [1.82, 2.24) is 28.9 Å². The third-order valence-corrected chi connectivity index (χ3v) is 5.08. The Morgan fingerprint density at radius 1 is 1.14 bits per heavy atom. The molecule has 3 aromatic heterocycles. The van der Waals surface area contributed by atoms with E-state index in [-0.39, 0.29) is 22.0 Å². The van der Waals surface area contributed by atoms with Crippen LogP contribution in [0.1, 0.15) is 52.0 Å². The van der Waals surface area contributed by atoms with Gasteiger partial charge in [0.05, 0.1) is 6.20 Å². The molecule has 0 aromatic carbocycles. The number of nitrogens with one attached hydrogen (secondary N) is 1. The Hall–Kier alpha value is -2.35. The summed E-state index contributed by atoms with van der Waals surface area (Å²) in [5.41, 5.74) is 1.04.